The van der Waals surface area contributed by atoms with Crippen molar-refractivity contribution >= 4 is 15.9 Å². The second-order valence-electron chi connectivity index (χ2n) is 4.46. The molecule has 0 saturated carbocycles. The van der Waals surface area contributed by atoms with Crippen LogP contribution in [-0.2, 0) is 0 Å². The second-order valence-corrected chi connectivity index (χ2v) is 5.31. The van der Waals surface area contributed by atoms with Crippen LogP contribution in [0, 0.1) is 11.7 Å². The van der Waals surface area contributed by atoms with Crippen molar-refractivity contribution in [2.24, 2.45) is 5.92 Å². The van der Waals surface area contributed by atoms with Gasteiger partial charge in [-0.25, -0.2) is 4.39 Å². The summed E-state index contributed by atoms with van der Waals surface area (Å²) in [5, 5.41) is 3.44. The molecule has 1 rings (SSSR count). The van der Waals surface area contributed by atoms with E-state index in [1.165, 1.54) is 0 Å². The van der Waals surface area contributed by atoms with Crippen LogP contribution in [0.2, 0.25) is 0 Å². The fourth-order valence-corrected chi connectivity index (χ4v) is 2.30. The van der Waals surface area contributed by atoms with Crippen LogP contribution in [0.3, 0.4) is 0 Å². The fraction of sp³-hybridized carbons (Fsp3) is 0.571. The molecule has 1 aromatic carbocycles. The van der Waals surface area contributed by atoms with Gasteiger partial charge in [-0.2, -0.15) is 0 Å². The van der Waals surface area contributed by atoms with E-state index in [-0.39, 0.29) is 11.9 Å². The number of nitrogens with one attached hydrogen (secondary N) is 1. The van der Waals surface area contributed by atoms with E-state index in [1.807, 2.05) is 12.1 Å². The Morgan fingerprint density at radius 2 is 2.06 bits per heavy atom. The number of rotatable bonds is 6. The molecular formula is C14H21BrFN. The Labute approximate surface area is 112 Å². The first-order valence-corrected chi connectivity index (χ1v) is 7.08. The highest BCUT2D eigenvalue weighted by atomic mass is 79.9. The molecule has 0 heterocycles. The zero-order chi connectivity index (χ0) is 12.8. The normalized spacial score (nSPS) is 14.6. The first-order valence-electron chi connectivity index (χ1n) is 6.29. The molecule has 0 amide bonds. The van der Waals surface area contributed by atoms with Gasteiger partial charge in [-0.15, -0.1) is 0 Å². The van der Waals surface area contributed by atoms with Crippen molar-refractivity contribution in [1.29, 1.82) is 0 Å². The van der Waals surface area contributed by atoms with E-state index in [1.54, 1.807) is 6.07 Å². The maximum atomic E-state index is 14.1. The summed E-state index contributed by atoms with van der Waals surface area (Å²) in [6.45, 7) is 7.34. The van der Waals surface area contributed by atoms with Crippen molar-refractivity contribution in [1.82, 2.24) is 5.32 Å². The third-order valence-electron chi connectivity index (χ3n) is 3.14. The smallest absolute Gasteiger partial charge is 0.142 e. The van der Waals surface area contributed by atoms with Gasteiger partial charge in [-0.05, 0) is 40.9 Å². The lowest BCUT2D eigenvalue weighted by Gasteiger charge is -2.25. The van der Waals surface area contributed by atoms with Crippen molar-refractivity contribution < 1.29 is 4.39 Å². The zero-order valence-electron chi connectivity index (χ0n) is 10.8. The average molecular weight is 302 g/mol. The molecular weight excluding hydrogens is 281 g/mol. The largest absolute Gasteiger partial charge is 0.310 e. The summed E-state index contributed by atoms with van der Waals surface area (Å²) >= 11 is 3.25. The van der Waals surface area contributed by atoms with Crippen LogP contribution in [0.1, 0.15) is 45.2 Å². The summed E-state index contributed by atoms with van der Waals surface area (Å²) in [5.41, 5.74) is 0.766. The van der Waals surface area contributed by atoms with Crippen LogP contribution in [0.25, 0.3) is 0 Å². The summed E-state index contributed by atoms with van der Waals surface area (Å²) in [7, 11) is 0. The van der Waals surface area contributed by atoms with E-state index in [0.717, 1.165) is 24.9 Å². The van der Waals surface area contributed by atoms with E-state index >= 15 is 0 Å². The molecule has 1 N–H and O–H groups in total. The molecule has 96 valence electrons. The van der Waals surface area contributed by atoms with Crippen LogP contribution in [-0.4, -0.2) is 6.54 Å². The number of halogens is 2. The third kappa shape index (κ3) is 3.78. The Hall–Kier alpha value is -0.410. The van der Waals surface area contributed by atoms with E-state index in [4.69, 9.17) is 0 Å². The van der Waals surface area contributed by atoms with Gasteiger partial charge in [0.25, 0.3) is 0 Å². The second kappa shape index (κ2) is 7.12. The summed E-state index contributed by atoms with van der Waals surface area (Å²) in [6, 6.07) is 5.61. The van der Waals surface area contributed by atoms with Gasteiger partial charge in [-0.1, -0.05) is 39.3 Å². The molecule has 17 heavy (non-hydrogen) atoms. The first-order chi connectivity index (χ1) is 8.11. The molecule has 0 radical (unpaired) electrons. The maximum absolute atomic E-state index is 14.1. The molecule has 1 aromatic rings. The zero-order valence-corrected chi connectivity index (χ0v) is 12.3. The number of hydrogen-bond donors (Lipinski definition) is 1. The lowest BCUT2D eigenvalue weighted by Crippen LogP contribution is -2.28. The Morgan fingerprint density at radius 3 is 2.65 bits per heavy atom. The van der Waals surface area contributed by atoms with Gasteiger partial charge in [0.15, 0.2) is 0 Å². The fourth-order valence-electron chi connectivity index (χ4n) is 1.91. The van der Waals surface area contributed by atoms with Crippen molar-refractivity contribution in [3.63, 3.8) is 0 Å². The van der Waals surface area contributed by atoms with Crippen LogP contribution in [0.5, 0.6) is 0 Å². The predicted molar refractivity (Wildman–Crippen MR) is 74.6 cm³/mol. The SMILES string of the molecule is CCCNC(c1cccc(Br)c1F)C(C)CC. The topological polar surface area (TPSA) is 12.0 Å². The third-order valence-corrected chi connectivity index (χ3v) is 3.76. The minimum atomic E-state index is -0.138. The first kappa shape index (κ1) is 14.7. The van der Waals surface area contributed by atoms with E-state index in [2.05, 4.69) is 42.0 Å². The van der Waals surface area contributed by atoms with E-state index in [0.29, 0.717) is 10.4 Å². The minimum Gasteiger partial charge on any atom is -0.310 e. The highest BCUT2D eigenvalue weighted by Gasteiger charge is 2.21. The van der Waals surface area contributed by atoms with Crippen molar-refractivity contribution in [3.8, 4) is 0 Å². The molecule has 0 fully saturated rings. The molecule has 0 aliphatic heterocycles. The Kier molecular flexibility index (Phi) is 6.14. The molecule has 0 bridgehead atoms. The van der Waals surface area contributed by atoms with Gasteiger partial charge >= 0.3 is 0 Å². The molecule has 1 nitrogen and oxygen atoms in total. The van der Waals surface area contributed by atoms with Gasteiger partial charge < -0.3 is 5.32 Å². The average Bonchev–Trinajstić information content (AvgIpc) is 2.34. The monoisotopic (exact) mass is 301 g/mol. The van der Waals surface area contributed by atoms with Crippen LogP contribution < -0.4 is 5.32 Å². The van der Waals surface area contributed by atoms with Gasteiger partial charge in [0, 0.05) is 11.6 Å². The van der Waals surface area contributed by atoms with Crippen LogP contribution in [0.4, 0.5) is 4.39 Å². The quantitative estimate of drug-likeness (QED) is 0.805. The molecule has 0 spiro atoms. The van der Waals surface area contributed by atoms with Crippen molar-refractivity contribution in [2.75, 3.05) is 6.54 Å². The lowest BCUT2D eigenvalue weighted by molar-refractivity contribution is 0.365. The minimum absolute atomic E-state index is 0.0949. The molecule has 3 heteroatoms. The Balaban J connectivity index is 2.99. The summed E-state index contributed by atoms with van der Waals surface area (Å²) in [5.74, 6) is 0.284. The number of hydrogen-bond acceptors (Lipinski definition) is 1. The summed E-state index contributed by atoms with van der Waals surface area (Å²) < 4.78 is 14.6. The highest BCUT2D eigenvalue weighted by molar-refractivity contribution is 9.10. The molecule has 0 saturated heterocycles. The van der Waals surface area contributed by atoms with Crippen molar-refractivity contribution in [3.05, 3.63) is 34.1 Å². The van der Waals surface area contributed by atoms with Crippen molar-refractivity contribution in [2.45, 2.75) is 39.7 Å². The van der Waals surface area contributed by atoms with Gasteiger partial charge in [0.05, 0.1) is 4.47 Å². The summed E-state index contributed by atoms with van der Waals surface area (Å²) in [4.78, 5) is 0. The molecule has 2 unspecified atom stereocenters. The maximum Gasteiger partial charge on any atom is 0.142 e. The predicted octanol–water partition coefficient (Wildman–Crippen LogP) is 4.68. The van der Waals surface area contributed by atoms with Crippen LogP contribution in [0.15, 0.2) is 22.7 Å². The standard InChI is InChI=1S/C14H21BrFN/c1-4-9-17-14(10(3)5-2)11-7-6-8-12(15)13(11)16/h6-8,10,14,17H,4-5,9H2,1-3H3. The Bertz CT molecular complexity index is 354. The van der Waals surface area contributed by atoms with Crippen LogP contribution >= 0.6 is 15.9 Å². The van der Waals surface area contributed by atoms with Gasteiger partial charge in [-0.3, -0.25) is 0 Å². The molecule has 0 aliphatic carbocycles. The summed E-state index contributed by atoms with van der Waals surface area (Å²) in [6.07, 6.45) is 2.09. The molecule has 0 aromatic heterocycles. The van der Waals surface area contributed by atoms with E-state index < -0.39 is 0 Å². The Morgan fingerprint density at radius 1 is 1.35 bits per heavy atom. The lowest BCUT2D eigenvalue weighted by atomic mass is 9.92. The molecule has 2 atom stereocenters. The number of benzene rings is 1. The van der Waals surface area contributed by atoms with Gasteiger partial charge in [0.2, 0.25) is 0 Å². The molecule has 0 aliphatic rings. The highest BCUT2D eigenvalue weighted by Crippen LogP contribution is 2.29. The van der Waals surface area contributed by atoms with E-state index in [9.17, 15) is 4.39 Å². The van der Waals surface area contributed by atoms with Gasteiger partial charge in [0.1, 0.15) is 5.82 Å².